The molecule has 0 unspecified atom stereocenters. The quantitative estimate of drug-likeness (QED) is 0.0788. The molecule has 2 heterocycles. The van der Waals surface area contributed by atoms with E-state index in [0.717, 1.165) is 38.6 Å². The van der Waals surface area contributed by atoms with E-state index >= 15 is 0 Å². The fourth-order valence-corrected chi connectivity index (χ4v) is 5.01. The Hall–Kier alpha value is -1.46. The summed E-state index contributed by atoms with van der Waals surface area (Å²) in [7, 11) is 0. The highest BCUT2D eigenvalue weighted by Gasteiger charge is 2.26. The van der Waals surface area contributed by atoms with Crippen LogP contribution in [-0.4, -0.2) is 31.6 Å². The minimum Gasteiger partial charge on any atom is -0.463 e. The summed E-state index contributed by atoms with van der Waals surface area (Å²) in [5.74, 6) is -0.123. The van der Waals surface area contributed by atoms with Crippen molar-refractivity contribution in [2.24, 2.45) is 0 Å². The van der Waals surface area contributed by atoms with Gasteiger partial charge in [-0.1, -0.05) is 103 Å². The number of aromatic nitrogens is 1. The lowest BCUT2D eigenvalue weighted by Gasteiger charge is -2.12. The van der Waals surface area contributed by atoms with Gasteiger partial charge in [0.25, 0.3) is 0 Å². The molecule has 2 atom stereocenters. The summed E-state index contributed by atoms with van der Waals surface area (Å²) in [6.45, 7) is 4.12. The third kappa shape index (κ3) is 17.6. The molecule has 0 aromatic carbocycles. The zero-order valence-corrected chi connectivity index (χ0v) is 23.9. The third-order valence-electron chi connectivity index (χ3n) is 7.36. The van der Waals surface area contributed by atoms with Crippen molar-refractivity contribution in [3.8, 4) is 0 Å². The minimum absolute atomic E-state index is 0.111. The lowest BCUT2D eigenvalue weighted by molar-refractivity contribution is -0.697. The molecule has 5 nitrogen and oxygen atoms in total. The fourth-order valence-electron chi connectivity index (χ4n) is 5.01. The molecule has 1 aliphatic rings. The van der Waals surface area contributed by atoms with Crippen molar-refractivity contribution < 1.29 is 23.6 Å². The summed E-state index contributed by atoms with van der Waals surface area (Å²) in [5, 5.41) is 0. The third-order valence-corrected chi connectivity index (χ3v) is 7.36. The molecule has 2 rings (SSSR count). The Morgan fingerprint density at radius 1 is 0.757 bits per heavy atom. The first-order valence-corrected chi connectivity index (χ1v) is 15.6. The van der Waals surface area contributed by atoms with Crippen LogP contribution in [0.5, 0.6) is 0 Å². The monoisotopic (exact) mass is 518 g/mol. The first-order valence-electron chi connectivity index (χ1n) is 15.6. The Labute approximate surface area is 227 Å². The van der Waals surface area contributed by atoms with Gasteiger partial charge in [-0.2, -0.15) is 0 Å². The van der Waals surface area contributed by atoms with Gasteiger partial charge in [0.1, 0.15) is 19.3 Å². The highest BCUT2D eigenvalue weighted by atomic mass is 16.7. The number of aryl methyl sites for hydroxylation is 1. The van der Waals surface area contributed by atoms with E-state index in [-0.39, 0.29) is 18.4 Å². The fraction of sp³-hybridized carbons (Fsp3) is 0.812. The predicted octanol–water partition coefficient (Wildman–Crippen LogP) is 8.08. The maximum absolute atomic E-state index is 12.0. The normalized spacial score (nSPS) is 17.3. The van der Waals surface area contributed by atoms with Crippen LogP contribution in [0.1, 0.15) is 135 Å². The average Bonchev–Trinajstić information content (AvgIpc) is 3.38. The highest BCUT2D eigenvalue weighted by Crippen LogP contribution is 2.19. The lowest BCUT2D eigenvalue weighted by atomic mass is 10.0. The summed E-state index contributed by atoms with van der Waals surface area (Å²) in [4.78, 5) is 12.0. The van der Waals surface area contributed by atoms with Gasteiger partial charge in [-0.3, -0.25) is 4.79 Å². The van der Waals surface area contributed by atoms with E-state index in [1.165, 1.54) is 89.9 Å². The largest absolute Gasteiger partial charge is 0.463 e. The smallest absolute Gasteiger partial charge is 0.305 e. The molecule has 1 aromatic heterocycles. The molecule has 212 valence electrons. The summed E-state index contributed by atoms with van der Waals surface area (Å²) >= 11 is 0. The van der Waals surface area contributed by atoms with E-state index in [4.69, 9.17) is 14.2 Å². The molecule has 0 bridgehead atoms. The topological polar surface area (TPSA) is 48.6 Å². The zero-order valence-electron chi connectivity index (χ0n) is 23.9. The van der Waals surface area contributed by atoms with Gasteiger partial charge in [0.2, 0.25) is 0 Å². The van der Waals surface area contributed by atoms with Crippen LogP contribution in [0.15, 0.2) is 30.6 Å². The van der Waals surface area contributed by atoms with Crippen molar-refractivity contribution in [3.05, 3.63) is 30.6 Å². The molecule has 1 saturated heterocycles. The van der Waals surface area contributed by atoms with E-state index in [1.807, 2.05) is 18.2 Å². The molecule has 5 heteroatoms. The van der Waals surface area contributed by atoms with Gasteiger partial charge in [-0.05, 0) is 25.7 Å². The summed E-state index contributed by atoms with van der Waals surface area (Å²) < 4.78 is 19.3. The van der Waals surface area contributed by atoms with Crippen molar-refractivity contribution in [1.29, 1.82) is 0 Å². The Kier molecular flexibility index (Phi) is 19.3. The molecule has 0 saturated carbocycles. The second-order valence-corrected chi connectivity index (χ2v) is 10.9. The van der Waals surface area contributed by atoms with Gasteiger partial charge in [0, 0.05) is 25.0 Å². The van der Waals surface area contributed by atoms with Crippen LogP contribution in [0.3, 0.4) is 0 Å². The average molecular weight is 519 g/mol. The van der Waals surface area contributed by atoms with Crippen molar-refractivity contribution in [2.75, 3.05) is 13.2 Å². The van der Waals surface area contributed by atoms with E-state index in [2.05, 4.69) is 23.9 Å². The first-order chi connectivity index (χ1) is 18.3. The molecule has 37 heavy (non-hydrogen) atoms. The molecular weight excluding hydrogens is 462 g/mol. The number of rotatable bonds is 24. The Morgan fingerprint density at radius 2 is 1.32 bits per heavy atom. The van der Waals surface area contributed by atoms with Crippen LogP contribution in [-0.2, 0) is 25.5 Å². The van der Waals surface area contributed by atoms with E-state index < -0.39 is 0 Å². The Bertz CT molecular complexity index is 653. The van der Waals surface area contributed by atoms with E-state index in [9.17, 15) is 4.79 Å². The van der Waals surface area contributed by atoms with Crippen LogP contribution in [0.25, 0.3) is 0 Å². The zero-order chi connectivity index (χ0) is 26.2. The number of pyridine rings is 1. The van der Waals surface area contributed by atoms with Gasteiger partial charge in [0.15, 0.2) is 18.7 Å². The number of ether oxygens (including phenoxy) is 3. The molecule has 0 aliphatic carbocycles. The number of esters is 1. The van der Waals surface area contributed by atoms with Crippen molar-refractivity contribution in [1.82, 2.24) is 0 Å². The minimum atomic E-state index is -0.124. The number of nitrogens with zero attached hydrogens (tertiary/aromatic N) is 1. The summed E-state index contributed by atoms with van der Waals surface area (Å²) in [5.41, 5.74) is 0. The standard InChI is InChI=1S/C32H56NO4/c1-2-3-4-5-6-7-8-9-10-11-12-13-14-15-19-24-32-36-29-30(37-32)28-35-31(34)23-18-16-20-25-33-26-21-17-22-27-33/h17,21-22,26-27,30,32H,2-16,18-20,23-25,28-29H2,1H3/q+1/t30-,32-/m0/s1. The number of hydrogen-bond acceptors (Lipinski definition) is 4. The van der Waals surface area contributed by atoms with Gasteiger partial charge >= 0.3 is 5.97 Å². The Balaban J connectivity index is 1.31. The number of hydrogen-bond donors (Lipinski definition) is 0. The number of unbranched alkanes of at least 4 members (excludes halogenated alkanes) is 16. The molecule has 0 N–H and O–H groups in total. The maximum atomic E-state index is 12.0. The van der Waals surface area contributed by atoms with Gasteiger partial charge in [0.05, 0.1) is 6.61 Å². The van der Waals surface area contributed by atoms with Crippen molar-refractivity contribution in [3.63, 3.8) is 0 Å². The van der Waals surface area contributed by atoms with Crippen LogP contribution in [0.4, 0.5) is 0 Å². The van der Waals surface area contributed by atoms with Gasteiger partial charge in [-0.15, -0.1) is 0 Å². The van der Waals surface area contributed by atoms with E-state index in [0.29, 0.717) is 19.6 Å². The summed E-state index contributed by atoms with van der Waals surface area (Å²) in [6.07, 6.45) is 28.9. The van der Waals surface area contributed by atoms with E-state index in [1.54, 1.807) is 0 Å². The predicted molar refractivity (Wildman–Crippen MR) is 150 cm³/mol. The molecular formula is C32H56NO4+. The Morgan fingerprint density at radius 3 is 1.95 bits per heavy atom. The molecule has 0 amide bonds. The van der Waals surface area contributed by atoms with Crippen LogP contribution in [0.2, 0.25) is 0 Å². The summed E-state index contributed by atoms with van der Waals surface area (Å²) in [6, 6.07) is 6.10. The van der Waals surface area contributed by atoms with Gasteiger partial charge in [-0.25, -0.2) is 4.57 Å². The van der Waals surface area contributed by atoms with Crippen molar-refractivity contribution in [2.45, 2.75) is 154 Å². The molecule has 0 radical (unpaired) electrons. The second kappa shape index (κ2) is 22.5. The molecule has 1 aliphatic heterocycles. The van der Waals surface area contributed by atoms with Crippen LogP contribution < -0.4 is 4.57 Å². The maximum Gasteiger partial charge on any atom is 0.305 e. The van der Waals surface area contributed by atoms with Crippen molar-refractivity contribution >= 4 is 5.97 Å². The van der Waals surface area contributed by atoms with Crippen LogP contribution >= 0.6 is 0 Å². The molecule has 1 fully saturated rings. The number of carbonyl (C=O) groups excluding carboxylic acids is 1. The molecule has 1 aromatic rings. The number of carbonyl (C=O) groups is 1. The lowest BCUT2D eigenvalue weighted by Crippen LogP contribution is -2.32. The second-order valence-electron chi connectivity index (χ2n) is 10.9. The van der Waals surface area contributed by atoms with Gasteiger partial charge < -0.3 is 14.2 Å². The van der Waals surface area contributed by atoms with Crippen LogP contribution in [0, 0.1) is 0 Å². The SMILES string of the molecule is CCCCCCCCCCCCCCCCC[C@H]1OC[C@H](COC(=O)CCCCC[n+]2ccccc2)O1. The highest BCUT2D eigenvalue weighted by molar-refractivity contribution is 5.69. The first kappa shape index (κ1) is 31.8. The molecule has 0 spiro atoms.